The third kappa shape index (κ3) is 2.46. The summed E-state index contributed by atoms with van der Waals surface area (Å²) in [4.78, 5) is 4.29. The quantitative estimate of drug-likeness (QED) is 0.653. The molecule has 0 saturated heterocycles. The second-order valence-electron chi connectivity index (χ2n) is 3.37. The first-order valence-electron chi connectivity index (χ1n) is 4.06. The number of hydrogen-bond acceptors (Lipinski definition) is 2. The van der Waals surface area contributed by atoms with E-state index >= 15 is 0 Å². The molecule has 0 fully saturated rings. The fourth-order valence-electron chi connectivity index (χ4n) is 1.17. The van der Waals surface area contributed by atoms with Crippen LogP contribution in [0.5, 0.6) is 0 Å². The number of hydrogen-bond donors (Lipinski definition) is 1. The summed E-state index contributed by atoms with van der Waals surface area (Å²) in [7, 11) is 0. The SMILES string of the molecule is CC(C)CC1=NCC(CO)=C1. The molecule has 2 nitrogen and oxygen atoms in total. The molecule has 62 valence electrons. The summed E-state index contributed by atoms with van der Waals surface area (Å²) in [6.07, 6.45) is 3.05. The molecule has 1 N–H and O–H groups in total. The molecule has 0 unspecified atom stereocenters. The van der Waals surface area contributed by atoms with E-state index in [0.29, 0.717) is 12.5 Å². The van der Waals surface area contributed by atoms with Crippen molar-refractivity contribution >= 4 is 5.71 Å². The zero-order valence-electron chi connectivity index (χ0n) is 7.17. The highest BCUT2D eigenvalue weighted by Crippen LogP contribution is 2.11. The van der Waals surface area contributed by atoms with Gasteiger partial charge in [0.1, 0.15) is 0 Å². The second-order valence-corrected chi connectivity index (χ2v) is 3.37. The summed E-state index contributed by atoms with van der Waals surface area (Å²) in [5.41, 5.74) is 2.18. The number of allylic oxidation sites excluding steroid dienone is 1. The Labute approximate surface area is 67.7 Å². The largest absolute Gasteiger partial charge is 0.392 e. The maximum Gasteiger partial charge on any atom is 0.0663 e. The van der Waals surface area contributed by atoms with Gasteiger partial charge in [-0.25, -0.2) is 0 Å². The Morgan fingerprint density at radius 2 is 2.36 bits per heavy atom. The summed E-state index contributed by atoms with van der Waals surface area (Å²) < 4.78 is 0. The minimum absolute atomic E-state index is 0.158. The lowest BCUT2D eigenvalue weighted by Crippen LogP contribution is -1.97. The highest BCUT2D eigenvalue weighted by molar-refractivity contribution is 5.97. The van der Waals surface area contributed by atoms with Gasteiger partial charge in [0.05, 0.1) is 13.2 Å². The van der Waals surface area contributed by atoms with E-state index in [0.717, 1.165) is 17.7 Å². The van der Waals surface area contributed by atoms with Gasteiger partial charge in [-0.2, -0.15) is 0 Å². The normalized spacial score (nSPS) is 17.1. The molecule has 1 rings (SSSR count). The van der Waals surface area contributed by atoms with E-state index in [-0.39, 0.29) is 6.61 Å². The van der Waals surface area contributed by atoms with E-state index in [9.17, 15) is 0 Å². The maximum absolute atomic E-state index is 8.78. The van der Waals surface area contributed by atoms with Crippen LogP contribution < -0.4 is 0 Å². The molecule has 0 atom stereocenters. The summed E-state index contributed by atoms with van der Waals surface area (Å²) >= 11 is 0. The van der Waals surface area contributed by atoms with Crippen molar-refractivity contribution in [2.75, 3.05) is 13.2 Å². The van der Waals surface area contributed by atoms with Gasteiger partial charge < -0.3 is 5.11 Å². The molecule has 0 aromatic rings. The Bertz CT molecular complexity index is 192. The smallest absolute Gasteiger partial charge is 0.0663 e. The van der Waals surface area contributed by atoms with E-state index in [1.807, 2.05) is 6.08 Å². The van der Waals surface area contributed by atoms with Gasteiger partial charge in [0.25, 0.3) is 0 Å². The van der Waals surface area contributed by atoms with E-state index in [4.69, 9.17) is 5.11 Å². The van der Waals surface area contributed by atoms with Gasteiger partial charge in [-0.3, -0.25) is 4.99 Å². The summed E-state index contributed by atoms with van der Waals surface area (Å²) in [5, 5.41) is 8.78. The summed E-state index contributed by atoms with van der Waals surface area (Å²) in [5.74, 6) is 0.656. The lowest BCUT2D eigenvalue weighted by atomic mass is 10.1. The lowest BCUT2D eigenvalue weighted by Gasteiger charge is -2.00. The molecule has 0 bridgehead atoms. The van der Waals surface area contributed by atoms with E-state index in [1.54, 1.807) is 0 Å². The van der Waals surface area contributed by atoms with E-state index in [1.165, 1.54) is 0 Å². The van der Waals surface area contributed by atoms with Crippen LogP contribution in [-0.2, 0) is 0 Å². The third-order valence-corrected chi connectivity index (χ3v) is 1.68. The van der Waals surface area contributed by atoms with Gasteiger partial charge in [-0.05, 0) is 24.0 Å². The van der Waals surface area contributed by atoms with Crippen LogP contribution in [0.25, 0.3) is 0 Å². The molecule has 0 aromatic heterocycles. The predicted octanol–water partition coefficient (Wildman–Crippen LogP) is 1.41. The van der Waals surface area contributed by atoms with Crippen molar-refractivity contribution in [1.29, 1.82) is 0 Å². The van der Waals surface area contributed by atoms with Crippen LogP contribution in [0.3, 0.4) is 0 Å². The van der Waals surface area contributed by atoms with Gasteiger partial charge in [-0.1, -0.05) is 13.8 Å². The average Bonchev–Trinajstić information content (AvgIpc) is 2.34. The minimum atomic E-state index is 0.158. The standard InChI is InChI=1S/C9H15NO/c1-7(2)3-9-4-8(6-11)5-10-9/h4,7,11H,3,5-6H2,1-2H3. The Balaban J connectivity index is 2.44. The molecule has 0 amide bonds. The molecular weight excluding hydrogens is 138 g/mol. The van der Waals surface area contributed by atoms with Crippen molar-refractivity contribution in [3.8, 4) is 0 Å². The molecule has 0 radical (unpaired) electrons. The molecule has 1 heterocycles. The maximum atomic E-state index is 8.78. The van der Waals surface area contributed by atoms with Crippen molar-refractivity contribution in [2.45, 2.75) is 20.3 Å². The van der Waals surface area contributed by atoms with Crippen molar-refractivity contribution in [3.63, 3.8) is 0 Å². The first-order valence-corrected chi connectivity index (χ1v) is 4.06. The number of aliphatic hydroxyl groups excluding tert-OH is 1. The topological polar surface area (TPSA) is 32.6 Å². The Kier molecular flexibility index (Phi) is 2.83. The van der Waals surface area contributed by atoms with Crippen molar-refractivity contribution < 1.29 is 5.11 Å². The first-order chi connectivity index (χ1) is 5.22. The van der Waals surface area contributed by atoms with Gasteiger partial charge in [0, 0.05) is 5.71 Å². The molecule has 2 heteroatoms. The van der Waals surface area contributed by atoms with Crippen LogP contribution in [0.2, 0.25) is 0 Å². The number of rotatable bonds is 3. The zero-order chi connectivity index (χ0) is 8.27. The molecule has 1 aliphatic heterocycles. The van der Waals surface area contributed by atoms with Crippen LogP contribution in [0.4, 0.5) is 0 Å². The highest BCUT2D eigenvalue weighted by Gasteiger charge is 2.07. The zero-order valence-corrected chi connectivity index (χ0v) is 7.17. The molecular formula is C9H15NO. The van der Waals surface area contributed by atoms with Gasteiger partial charge >= 0.3 is 0 Å². The van der Waals surface area contributed by atoms with Crippen LogP contribution in [0.1, 0.15) is 20.3 Å². The van der Waals surface area contributed by atoms with Crippen LogP contribution in [-0.4, -0.2) is 24.0 Å². The van der Waals surface area contributed by atoms with Crippen molar-refractivity contribution in [2.24, 2.45) is 10.9 Å². The molecule has 0 saturated carbocycles. The number of aliphatic hydroxyl groups is 1. The van der Waals surface area contributed by atoms with Crippen LogP contribution >= 0.6 is 0 Å². The monoisotopic (exact) mass is 153 g/mol. The fraction of sp³-hybridized carbons (Fsp3) is 0.667. The van der Waals surface area contributed by atoms with Gasteiger partial charge in [-0.15, -0.1) is 0 Å². The van der Waals surface area contributed by atoms with Gasteiger partial charge in [0.15, 0.2) is 0 Å². The summed E-state index contributed by atoms with van der Waals surface area (Å²) in [6, 6.07) is 0. The average molecular weight is 153 g/mol. The molecule has 11 heavy (non-hydrogen) atoms. The van der Waals surface area contributed by atoms with Crippen LogP contribution in [0, 0.1) is 5.92 Å². The molecule has 0 aliphatic carbocycles. The third-order valence-electron chi connectivity index (χ3n) is 1.68. The van der Waals surface area contributed by atoms with Crippen molar-refractivity contribution in [3.05, 3.63) is 11.6 Å². The second kappa shape index (κ2) is 3.67. The van der Waals surface area contributed by atoms with E-state index < -0.39 is 0 Å². The predicted molar refractivity (Wildman–Crippen MR) is 46.9 cm³/mol. The Morgan fingerprint density at radius 3 is 2.82 bits per heavy atom. The van der Waals surface area contributed by atoms with Crippen molar-refractivity contribution in [1.82, 2.24) is 0 Å². The summed E-state index contributed by atoms with van der Waals surface area (Å²) in [6.45, 7) is 5.21. The number of nitrogens with zero attached hydrogens (tertiary/aromatic N) is 1. The first kappa shape index (κ1) is 8.47. The molecule has 0 spiro atoms. The minimum Gasteiger partial charge on any atom is -0.392 e. The molecule has 0 aromatic carbocycles. The number of aliphatic imine (C=N–C) groups is 1. The Hall–Kier alpha value is -0.630. The lowest BCUT2D eigenvalue weighted by molar-refractivity contribution is 0.330. The van der Waals surface area contributed by atoms with Crippen LogP contribution in [0.15, 0.2) is 16.6 Å². The fourth-order valence-corrected chi connectivity index (χ4v) is 1.17. The van der Waals surface area contributed by atoms with Gasteiger partial charge in [0.2, 0.25) is 0 Å². The Morgan fingerprint density at radius 1 is 1.64 bits per heavy atom. The highest BCUT2D eigenvalue weighted by atomic mass is 16.3. The van der Waals surface area contributed by atoms with E-state index in [2.05, 4.69) is 18.8 Å². The molecule has 1 aliphatic rings.